The Morgan fingerprint density at radius 1 is 1.19 bits per heavy atom. The van der Waals surface area contributed by atoms with Crippen molar-refractivity contribution >= 4 is 17.5 Å². The highest BCUT2D eigenvalue weighted by atomic mass is 16.5. The average molecular weight is 366 g/mol. The molecule has 0 spiro atoms. The second kappa shape index (κ2) is 8.35. The first kappa shape index (κ1) is 18.4. The number of carbonyl (C=O) groups is 1. The van der Waals surface area contributed by atoms with Gasteiger partial charge in [0.15, 0.2) is 0 Å². The van der Waals surface area contributed by atoms with Crippen LogP contribution in [0.2, 0.25) is 0 Å². The monoisotopic (exact) mass is 366 g/mol. The van der Waals surface area contributed by atoms with Crippen molar-refractivity contribution in [2.75, 3.05) is 10.6 Å². The summed E-state index contributed by atoms with van der Waals surface area (Å²) in [6.07, 6.45) is 1.60. The van der Waals surface area contributed by atoms with E-state index in [1.807, 2.05) is 51.1 Å². The Balaban J connectivity index is 1.75. The van der Waals surface area contributed by atoms with Crippen LogP contribution in [-0.2, 0) is 6.54 Å². The number of benzene rings is 1. The summed E-state index contributed by atoms with van der Waals surface area (Å²) in [5, 5.41) is 5.92. The number of rotatable bonds is 7. The molecule has 0 saturated carbocycles. The number of furan rings is 1. The summed E-state index contributed by atoms with van der Waals surface area (Å²) in [6, 6.07) is 12.6. The summed E-state index contributed by atoms with van der Waals surface area (Å²) in [5.41, 5.74) is 1.55. The van der Waals surface area contributed by atoms with Crippen LogP contribution in [0.25, 0.3) is 0 Å². The largest absolute Gasteiger partial charge is 0.489 e. The first-order chi connectivity index (χ1) is 13.0. The van der Waals surface area contributed by atoms with Crippen LogP contribution in [0.4, 0.5) is 11.6 Å². The maximum atomic E-state index is 12.7. The molecule has 0 aliphatic carbocycles. The molecule has 0 aliphatic heterocycles. The molecule has 27 heavy (non-hydrogen) atoms. The lowest BCUT2D eigenvalue weighted by Gasteiger charge is -2.15. The molecule has 140 valence electrons. The maximum Gasteiger partial charge on any atom is 0.274 e. The standard InChI is InChI=1S/C20H22N4O3/c1-13(2)27-18-9-5-4-8-16(18)23-19(25)17-11-14(3)22-20(24-17)21-12-15-7-6-10-26-15/h4-11,13H,12H2,1-3H3,(H,23,25)(H,21,22,24). The Morgan fingerprint density at radius 2 is 2.00 bits per heavy atom. The number of para-hydroxylation sites is 2. The predicted molar refractivity (Wildman–Crippen MR) is 103 cm³/mol. The highest BCUT2D eigenvalue weighted by Crippen LogP contribution is 2.25. The molecule has 0 saturated heterocycles. The molecule has 0 aliphatic rings. The average Bonchev–Trinajstić information content (AvgIpc) is 3.14. The van der Waals surface area contributed by atoms with Crippen molar-refractivity contribution < 1.29 is 13.9 Å². The number of aryl methyl sites for hydroxylation is 1. The fourth-order valence-corrected chi connectivity index (χ4v) is 2.46. The van der Waals surface area contributed by atoms with Crippen molar-refractivity contribution in [3.8, 4) is 5.75 Å². The second-order valence-electron chi connectivity index (χ2n) is 6.27. The fraction of sp³-hybridized carbons (Fsp3) is 0.250. The van der Waals surface area contributed by atoms with E-state index in [2.05, 4.69) is 20.6 Å². The molecule has 3 aromatic rings. The van der Waals surface area contributed by atoms with Crippen molar-refractivity contribution in [1.29, 1.82) is 0 Å². The summed E-state index contributed by atoms with van der Waals surface area (Å²) >= 11 is 0. The number of ether oxygens (including phenoxy) is 1. The maximum absolute atomic E-state index is 12.7. The van der Waals surface area contributed by atoms with Crippen molar-refractivity contribution in [1.82, 2.24) is 9.97 Å². The summed E-state index contributed by atoms with van der Waals surface area (Å²) in [4.78, 5) is 21.3. The van der Waals surface area contributed by atoms with Gasteiger partial charge in [-0.15, -0.1) is 0 Å². The third kappa shape index (κ3) is 5.07. The molecule has 7 heteroatoms. The Labute approximate surface area is 157 Å². The van der Waals surface area contributed by atoms with E-state index in [4.69, 9.17) is 9.15 Å². The lowest BCUT2D eigenvalue weighted by Crippen LogP contribution is -2.17. The zero-order valence-corrected chi connectivity index (χ0v) is 15.5. The van der Waals surface area contributed by atoms with Gasteiger partial charge in [-0.1, -0.05) is 12.1 Å². The van der Waals surface area contributed by atoms with Gasteiger partial charge in [-0.2, -0.15) is 0 Å². The molecular weight excluding hydrogens is 344 g/mol. The number of nitrogens with zero attached hydrogens (tertiary/aromatic N) is 2. The number of anilines is 2. The van der Waals surface area contributed by atoms with Gasteiger partial charge in [0.25, 0.3) is 5.91 Å². The van der Waals surface area contributed by atoms with E-state index in [1.54, 1.807) is 18.4 Å². The molecule has 2 heterocycles. The molecule has 7 nitrogen and oxygen atoms in total. The van der Waals surface area contributed by atoms with Gasteiger partial charge < -0.3 is 19.8 Å². The first-order valence-corrected chi connectivity index (χ1v) is 8.70. The minimum Gasteiger partial charge on any atom is -0.489 e. The Kier molecular flexibility index (Phi) is 5.71. The highest BCUT2D eigenvalue weighted by molar-refractivity contribution is 6.03. The van der Waals surface area contributed by atoms with Gasteiger partial charge in [-0.05, 0) is 51.1 Å². The van der Waals surface area contributed by atoms with Crippen LogP contribution < -0.4 is 15.4 Å². The third-order valence-electron chi connectivity index (χ3n) is 3.59. The first-order valence-electron chi connectivity index (χ1n) is 8.70. The number of carbonyl (C=O) groups excluding carboxylic acids is 1. The number of nitrogens with one attached hydrogen (secondary N) is 2. The Hall–Kier alpha value is -3.35. The molecule has 1 aromatic carbocycles. The summed E-state index contributed by atoms with van der Waals surface area (Å²) in [6.45, 7) is 6.11. The number of hydrogen-bond donors (Lipinski definition) is 2. The SMILES string of the molecule is Cc1cc(C(=O)Nc2ccccc2OC(C)C)nc(NCc2ccco2)n1. The minimum absolute atomic E-state index is 0.00162. The third-order valence-corrected chi connectivity index (χ3v) is 3.59. The molecule has 0 unspecified atom stereocenters. The molecule has 0 radical (unpaired) electrons. The topological polar surface area (TPSA) is 89.3 Å². The van der Waals surface area contributed by atoms with Crippen molar-refractivity contribution in [3.05, 3.63) is 65.9 Å². The number of amides is 1. The zero-order valence-electron chi connectivity index (χ0n) is 15.5. The highest BCUT2D eigenvalue weighted by Gasteiger charge is 2.14. The van der Waals surface area contributed by atoms with Crippen LogP contribution in [0.3, 0.4) is 0 Å². The van der Waals surface area contributed by atoms with E-state index < -0.39 is 0 Å². The second-order valence-corrected chi connectivity index (χ2v) is 6.27. The predicted octanol–water partition coefficient (Wildman–Crippen LogP) is 4.03. The quantitative estimate of drug-likeness (QED) is 0.656. The lowest BCUT2D eigenvalue weighted by atomic mass is 10.2. The van der Waals surface area contributed by atoms with E-state index in [0.717, 1.165) is 5.76 Å². The van der Waals surface area contributed by atoms with Gasteiger partial charge in [-0.3, -0.25) is 4.79 Å². The van der Waals surface area contributed by atoms with Crippen molar-refractivity contribution in [2.45, 2.75) is 33.4 Å². The molecule has 3 rings (SSSR count). The molecular formula is C20H22N4O3. The van der Waals surface area contributed by atoms with Gasteiger partial charge >= 0.3 is 0 Å². The van der Waals surface area contributed by atoms with Gasteiger partial charge in [-0.25, -0.2) is 9.97 Å². The van der Waals surface area contributed by atoms with Crippen LogP contribution >= 0.6 is 0 Å². The van der Waals surface area contributed by atoms with E-state index >= 15 is 0 Å². The summed E-state index contributed by atoms with van der Waals surface area (Å²) in [7, 11) is 0. The van der Waals surface area contributed by atoms with Crippen LogP contribution in [0.15, 0.2) is 53.1 Å². The molecule has 2 aromatic heterocycles. The Morgan fingerprint density at radius 3 is 2.74 bits per heavy atom. The van der Waals surface area contributed by atoms with Crippen LogP contribution in [0.1, 0.15) is 35.8 Å². The van der Waals surface area contributed by atoms with Crippen LogP contribution in [-0.4, -0.2) is 22.0 Å². The number of hydrogen-bond acceptors (Lipinski definition) is 6. The van der Waals surface area contributed by atoms with Crippen molar-refractivity contribution in [2.24, 2.45) is 0 Å². The zero-order chi connectivity index (χ0) is 19.2. The lowest BCUT2D eigenvalue weighted by molar-refractivity contribution is 0.102. The molecule has 1 amide bonds. The van der Waals surface area contributed by atoms with E-state index in [9.17, 15) is 4.79 Å². The van der Waals surface area contributed by atoms with E-state index in [-0.39, 0.29) is 17.7 Å². The molecule has 0 fully saturated rings. The van der Waals surface area contributed by atoms with Gasteiger partial charge in [0, 0.05) is 5.69 Å². The van der Waals surface area contributed by atoms with Gasteiger partial charge in [0.1, 0.15) is 17.2 Å². The molecule has 0 atom stereocenters. The smallest absolute Gasteiger partial charge is 0.274 e. The van der Waals surface area contributed by atoms with E-state index in [1.165, 1.54) is 0 Å². The van der Waals surface area contributed by atoms with Gasteiger partial charge in [0.05, 0.1) is 24.6 Å². The van der Waals surface area contributed by atoms with Crippen LogP contribution in [0.5, 0.6) is 5.75 Å². The summed E-state index contributed by atoms with van der Waals surface area (Å²) in [5.74, 6) is 1.40. The normalized spacial score (nSPS) is 10.7. The molecule has 2 N–H and O–H groups in total. The van der Waals surface area contributed by atoms with Crippen LogP contribution in [0, 0.1) is 6.92 Å². The fourth-order valence-electron chi connectivity index (χ4n) is 2.46. The summed E-state index contributed by atoms with van der Waals surface area (Å²) < 4.78 is 11.0. The van der Waals surface area contributed by atoms with Crippen molar-refractivity contribution in [3.63, 3.8) is 0 Å². The molecule has 0 bridgehead atoms. The minimum atomic E-state index is -0.332. The Bertz CT molecular complexity index is 907. The van der Waals surface area contributed by atoms with E-state index in [0.29, 0.717) is 29.6 Å². The number of aromatic nitrogens is 2. The van der Waals surface area contributed by atoms with Gasteiger partial charge in [0.2, 0.25) is 5.95 Å².